The van der Waals surface area contributed by atoms with Gasteiger partial charge >= 0.3 is 11.9 Å². The van der Waals surface area contributed by atoms with Gasteiger partial charge in [-0.05, 0) is 111 Å². The average molecular weight is 462 g/mol. The Morgan fingerprint density at radius 2 is 1.70 bits per heavy atom. The van der Waals surface area contributed by atoms with E-state index in [1.807, 2.05) is 0 Å². The lowest BCUT2D eigenvalue weighted by atomic mass is 9.44. The number of ether oxygens (including phenoxy) is 1. The third-order valence-electron chi connectivity index (χ3n) is 11.3. The van der Waals surface area contributed by atoms with Crippen LogP contribution >= 0.6 is 0 Å². The molecule has 4 rings (SSSR count). The molecule has 0 heterocycles. The Bertz CT molecular complexity index is 739. The lowest BCUT2D eigenvalue weighted by molar-refractivity contribution is -0.154. The summed E-state index contributed by atoms with van der Waals surface area (Å²) < 4.78 is 5.31. The maximum absolute atomic E-state index is 12.3. The zero-order valence-electron chi connectivity index (χ0n) is 21.4. The monoisotopic (exact) mass is 461 g/mol. The molecule has 0 aromatic rings. The molecule has 4 fully saturated rings. The van der Waals surface area contributed by atoms with Gasteiger partial charge in [-0.15, -0.1) is 0 Å². The third-order valence-corrected chi connectivity index (χ3v) is 11.3. The van der Waals surface area contributed by atoms with Crippen molar-refractivity contribution < 1.29 is 19.4 Å². The first-order valence-corrected chi connectivity index (χ1v) is 13.8. The lowest BCUT2D eigenvalue weighted by Crippen LogP contribution is -2.53. The van der Waals surface area contributed by atoms with Gasteiger partial charge in [-0.3, -0.25) is 9.59 Å². The van der Waals surface area contributed by atoms with Gasteiger partial charge in [0.2, 0.25) is 0 Å². The highest BCUT2D eigenvalue weighted by Crippen LogP contribution is 2.68. The number of carbonyl (C=O) groups is 2. The number of aliphatic carboxylic acids is 1. The smallest absolute Gasteiger partial charge is 0.324 e. The van der Waals surface area contributed by atoms with Crippen LogP contribution in [0.2, 0.25) is 0 Å². The third kappa shape index (κ3) is 4.48. The second kappa shape index (κ2) is 9.51. The molecule has 3 N–H and O–H groups in total. The van der Waals surface area contributed by atoms with E-state index in [2.05, 4.69) is 20.8 Å². The van der Waals surface area contributed by atoms with Crippen molar-refractivity contribution in [2.24, 2.45) is 52.1 Å². The Morgan fingerprint density at radius 3 is 2.42 bits per heavy atom. The van der Waals surface area contributed by atoms with Crippen LogP contribution in [0.5, 0.6) is 0 Å². The van der Waals surface area contributed by atoms with Crippen molar-refractivity contribution in [2.45, 2.75) is 117 Å². The molecule has 0 aromatic heterocycles. The molecular weight excluding hydrogens is 414 g/mol. The molecule has 4 aliphatic carbocycles. The van der Waals surface area contributed by atoms with Gasteiger partial charge in [0.25, 0.3) is 0 Å². The van der Waals surface area contributed by atoms with E-state index in [1.54, 1.807) is 6.92 Å². The van der Waals surface area contributed by atoms with Crippen molar-refractivity contribution in [1.29, 1.82) is 0 Å². The number of hydrogen-bond donors (Lipinski definition) is 2. The summed E-state index contributed by atoms with van der Waals surface area (Å²) in [5.41, 5.74) is 6.57. The van der Waals surface area contributed by atoms with Gasteiger partial charge in [-0.25, -0.2) is 0 Å². The van der Waals surface area contributed by atoms with Gasteiger partial charge in [0.15, 0.2) is 0 Å². The van der Waals surface area contributed by atoms with Crippen molar-refractivity contribution in [3.05, 3.63) is 0 Å². The number of carboxylic acid groups (broad SMARTS) is 1. The zero-order valence-corrected chi connectivity index (χ0v) is 21.4. The van der Waals surface area contributed by atoms with Crippen LogP contribution in [0.25, 0.3) is 0 Å². The minimum atomic E-state index is -1.17. The van der Waals surface area contributed by atoms with E-state index in [-0.39, 0.29) is 5.97 Å². The minimum absolute atomic E-state index is 0.321. The van der Waals surface area contributed by atoms with Crippen molar-refractivity contribution in [1.82, 2.24) is 0 Å². The molecule has 188 valence electrons. The van der Waals surface area contributed by atoms with E-state index in [0.717, 1.165) is 30.1 Å². The van der Waals surface area contributed by atoms with Crippen LogP contribution in [0.15, 0.2) is 0 Å². The molecule has 0 radical (unpaired) electrons. The van der Waals surface area contributed by atoms with Crippen LogP contribution in [-0.4, -0.2) is 29.2 Å². The molecule has 0 aromatic carbocycles. The SMILES string of the molecule is C[C@H](CCC(=O)O[C@H](C)[C@H](N)C(=O)O)[C@H]1CC[C@H]2[C@@H]3CCC4CCCC[C@]4(C)[C@H]3CC[C@]12C. The molecule has 0 spiro atoms. The van der Waals surface area contributed by atoms with Crippen LogP contribution in [0.3, 0.4) is 0 Å². The zero-order chi connectivity index (χ0) is 24.0. The lowest BCUT2D eigenvalue weighted by Gasteiger charge is -2.61. The van der Waals surface area contributed by atoms with E-state index in [1.165, 1.54) is 64.2 Å². The van der Waals surface area contributed by atoms with Gasteiger partial charge in [-0.1, -0.05) is 33.6 Å². The molecule has 0 amide bonds. The maximum atomic E-state index is 12.3. The van der Waals surface area contributed by atoms with E-state index >= 15 is 0 Å². The summed E-state index contributed by atoms with van der Waals surface area (Å²) in [6.45, 7) is 9.10. The molecular formula is C28H47NO4. The first-order chi connectivity index (χ1) is 15.6. The second-order valence-electron chi connectivity index (χ2n) is 12.7. The molecule has 0 bridgehead atoms. The first kappa shape index (κ1) is 25.0. The number of carbonyl (C=O) groups excluding carboxylic acids is 1. The molecule has 0 aliphatic heterocycles. The largest absolute Gasteiger partial charge is 0.480 e. The van der Waals surface area contributed by atoms with Crippen molar-refractivity contribution in [3.63, 3.8) is 0 Å². The summed E-state index contributed by atoms with van der Waals surface area (Å²) >= 11 is 0. The number of hydrogen-bond acceptors (Lipinski definition) is 4. The molecule has 0 saturated heterocycles. The number of nitrogens with two attached hydrogens (primary N) is 1. The molecule has 5 nitrogen and oxygen atoms in total. The predicted octanol–water partition coefficient (Wildman–Crippen LogP) is 5.80. The summed E-state index contributed by atoms with van der Waals surface area (Å²) in [6.07, 6.45) is 14.5. The summed E-state index contributed by atoms with van der Waals surface area (Å²) in [5, 5.41) is 9.01. The molecule has 4 saturated carbocycles. The summed E-state index contributed by atoms with van der Waals surface area (Å²) in [4.78, 5) is 23.4. The fourth-order valence-corrected chi connectivity index (χ4v) is 9.36. The molecule has 1 unspecified atom stereocenters. The number of rotatable bonds is 7. The van der Waals surface area contributed by atoms with Crippen molar-refractivity contribution in [3.8, 4) is 0 Å². The van der Waals surface area contributed by atoms with E-state index in [4.69, 9.17) is 15.6 Å². The number of fused-ring (bicyclic) bond motifs is 5. The van der Waals surface area contributed by atoms with Crippen LogP contribution in [0.4, 0.5) is 0 Å². The quantitative estimate of drug-likeness (QED) is 0.468. The molecule has 5 heteroatoms. The van der Waals surface area contributed by atoms with Crippen LogP contribution in [0.1, 0.15) is 105 Å². The highest BCUT2D eigenvalue weighted by atomic mass is 16.5. The predicted molar refractivity (Wildman–Crippen MR) is 129 cm³/mol. The maximum Gasteiger partial charge on any atom is 0.324 e. The molecule has 33 heavy (non-hydrogen) atoms. The molecule has 4 aliphatic rings. The van der Waals surface area contributed by atoms with E-state index in [0.29, 0.717) is 29.1 Å². The highest BCUT2D eigenvalue weighted by molar-refractivity contribution is 5.75. The normalized spacial score (nSPS) is 42.9. The number of carboxylic acids is 1. The Labute approximate surface area is 200 Å². The highest BCUT2D eigenvalue weighted by Gasteiger charge is 2.60. The fourth-order valence-electron chi connectivity index (χ4n) is 9.36. The van der Waals surface area contributed by atoms with Gasteiger partial charge in [0.05, 0.1) is 0 Å². The van der Waals surface area contributed by atoms with Crippen LogP contribution in [0, 0.1) is 46.3 Å². The summed E-state index contributed by atoms with van der Waals surface area (Å²) in [5.74, 6) is 3.35. The van der Waals surface area contributed by atoms with E-state index in [9.17, 15) is 9.59 Å². The van der Waals surface area contributed by atoms with Crippen molar-refractivity contribution >= 4 is 11.9 Å². The second-order valence-corrected chi connectivity index (χ2v) is 12.7. The van der Waals surface area contributed by atoms with Gasteiger partial charge in [0, 0.05) is 6.42 Å². The standard InChI is InChI=1S/C28H47NO4/c1-17(8-13-24(30)33-18(2)25(29)26(31)32)21-11-12-22-20-10-9-19-7-5-6-15-27(19,3)23(20)14-16-28(21,22)4/h17-23,25H,5-16,29H2,1-4H3,(H,31,32)/t17-,18-,19?,20+,21-,22+,23+,25+,27+,28-/m1/s1. The van der Waals surface area contributed by atoms with Crippen LogP contribution < -0.4 is 5.73 Å². The summed E-state index contributed by atoms with van der Waals surface area (Å²) in [7, 11) is 0. The number of esters is 1. The average Bonchev–Trinajstić information content (AvgIpc) is 3.13. The Morgan fingerprint density at radius 1 is 0.970 bits per heavy atom. The Kier molecular flexibility index (Phi) is 7.21. The van der Waals surface area contributed by atoms with E-state index < -0.39 is 18.1 Å². The minimum Gasteiger partial charge on any atom is -0.480 e. The summed E-state index contributed by atoms with van der Waals surface area (Å²) in [6, 6.07) is -1.17. The first-order valence-electron chi connectivity index (χ1n) is 13.8. The topological polar surface area (TPSA) is 89.6 Å². The van der Waals surface area contributed by atoms with Gasteiger partial charge < -0.3 is 15.6 Å². The van der Waals surface area contributed by atoms with Crippen LogP contribution in [-0.2, 0) is 14.3 Å². The fraction of sp³-hybridized carbons (Fsp3) is 0.929. The Balaban J connectivity index is 1.36. The Hall–Kier alpha value is -1.10. The van der Waals surface area contributed by atoms with Gasteiger partial charge in [0.1, 0.15) is 12.1 Å². The van der Waals surface area contributed by atoms with Gasteiger partial charge in [-0.2, -0.15) is 0 Å². The van der Waals surface area contributed by atoms with Crippen molar-refractivity contribution in [2.75, 3.05) is 0 Å². The molecule has 10 atom stereocenters.